The lowest BCUT2D eigenvalue weighted by Crippen LogP contribution is -2.40. The van der Waals surface area contributed by atoms with Crippen LogP contribution in [0.3, 0.4) is 0 Å². The van der Waals surface area contributed by atoms with E-state index >= 15 is 0 Å². The Kier molecular flexibility index (Phi) is 5.14. The van der Waals surface area contributed by atoms with Crippen molar-refractivity contribution < 1.29 is 14.6 Å². The molecule has 162 valence electrons. The number of H-pyrrole nitrogens is 1. The molecule has 2 aliphatic carbocycles. The van der Waals surface area contributed by atoms with Gasteiger partial charge < -0.3 is 20.1 Å². The van der Waals surface area contributed by atoms with Crippen molar-refractivity contribution in [3.8, 4) is 17.0 Å². The van der Waals surface area contributed by atoms with Crippen molar-refractivity contribution in [1.82, 2.24) is 20.3 Å². The molecule has 0 spiro atoms. The summed E-state index contributed by atoms with van der Waals surface area (Å²) in [6, 6.07) is 5.88. The molecule has 1 amide bonds. The summed E-state index contributed by atoms with van der Waals surface area (Å²) in [6.07, 6.45) is 5.90. The lowest BCUT2D eigenvalue weighted by Gasteiger charge is -2.16. The highest BCUT2D eigenvalue weighted by Crippen LogP contribution is 2.37. The Hall–Kier alpha value is -2.93. The van der Waals surface area contributed by atoms with E-state index in [1.165, 1.54) is 19.2 Å². The van der Waals surface area contributed by atoms with Gasteiger partial charge in [-0.3, -0.25) is 4.79 Å². The first kappa shape index (κ1) is 20.0. The van der Waals surface area contributed by atoms with E-state index in [1.807, 2.05) is 26.0 Å². The minimum absolute atomic E-state index is 0.211. The van der Waals surface area contributed by atoms with Crippen molar-refractivity contribution in [2.75, 3.05) is 6.61 Å². The predicted molar refractivity (Wildman–Crippen MR) is 118 cm³/mol. The van der Waals surface area contributed by atoms with Crippen LogP contribution in [-0.4, -0.2) is 44.7 Å². The number of nitrogens with zero attached hydrogens (tertiary/aromatic N) is 2. The number of carbonyl (C=O) groups is 1. The molecule has 0 bridgehead atoms. The predicted octanol–water partition coefficient (Wildman–Crippen LogP) is 3.67. The zero-order valence-electron chi connectivity index (χ0n) is 17.9. The quantitative estimate of drug-likeness (QED) is 0.565. The molecule has 0 saturated heterocycles. The van der Waals surface area contributed by atoms with Crippen LogP contribution in [-0.2, 0) is 0 Å². The number of ether oxygens (including phenoxy) is 1. The van der Waals surface area contributed by atoms with Crippen molar-refractivity contribution in [1.29, 1.82) is 0 Å². The molecule has 5 rings (SSSR count). The summed E-state index contributed by atoms with van der Waals surface area (Å²) in [5.74, 6) is 1.23. The van der Waals surface area contributed by atoms with E-state index in [9.17, 15) is 9.90 Å². The second-order valence-corrected chi connectivity index (χ2v) is 8.90. The summed E-state index contributed by atoms with van der Waals surface area (Å²) in [5, 5.41) is 13.1. The number of hydrogen-bond acceptors (Lipinski definition) is 5. The van der Waals surface area contributed by atoms with Crippen LogP contribution in [0, 0.1) is 19.8 Å². The number of aryl methyl sites for hydroxylation is 2. The van der Waals surface area contributed by atoms with Gasteiger partial charge in [0, 0.05) is 11.3 Å². The Morgan fingerprint density at radius 3 is 2.81 bits per heavy atom. The number of rotatable bonds is 6. The summed E-state index contributed by atoms with van der Waals surface area (Å²) < 4.78 is 6.12. The topological polar surface area (TPSA) is 100 Å². The van der Waals surface area contributed by atoms with Gasteiger partial charge in [0.25, 0.3) is 5.91 Å². The summed E-state index contributed by atoms with van der Waals surface area (Å²) in [7, 11) is 0. The van der Waals surface area contributed by atoms with Crippen LogP contribution in [0.15, 0.2) is 24.5 Å². The Morgan fingerprint density at radius 2 is 2.06 bits per heavy atom. The van der Waals surface area contributed by atoms with E-state index in [2.05, 4.69) is 26.3 Å². The molecular formula is C24H28N4O3. The Bertz CT molecular complexity index is 1140. The Balaban J connectivity index is 1.53. The highest BCUT2D eigenvalue weighted by molar-refractivity contribution is 6.09. The third kappa shape index (κ3) is 3.90. The molecule has 7 heteroatoms. The number of nitrogens with one attached hydrogen (secondary N) is 2. The van der Waals surface area contributed by atoms with E-state index < -0.39 is 6.10 Å². The van der Waals surface area contributed by atoms with Gasteiger partial charge in [-0.05, 0) is 64.0 Å². The van der Waals surface area contributed by atoms with Gasteiger partial charge in [0.2, 0.25) is 0 Å². The lowest BCUT2D eigenvalue weighted by molar-refractivity contribution is 0.0874. The zero-order valence-corrected chi connectivity index (χ0v) is 17.9. The molecular weight excluding hydrogens is 392 g/mol. The second-order valence-electron chi connectivity index (χ2n) is 8.90. The van der Waals surface area contributed by atoms with E-state index in [0.29, 0.717) is 23.6 Å². The number of aliphatic hydroxyl groups excluding tert-OH is 1. The maximum Gasteiger partial charge on any atom is 0.255 e. The SMILES string of the molecule is Cc1ccc(OCC2CC2)c(-c2ncnc3c(C(=O)N[C@@H]4CCC[C@H]4O)c(C)[nH]c23)c1. The number of aromatic nitrogens is 3. The molecule has 2 fully saturated rings. The average molecular weight is 421 g/mol. The zero-order chi connectivity index (χ0) is 21.5. The summed E-state index contributed by atoms with van der Waals surface area (Å²) in [6.45, 7) is 4.62. The number of benzene rings is 1. The minimum Gasteiger partial charge on any atom is -0.493 e. The number of aromatic amines is 1. The van der Waals surface area contributed by atoms with Gasteiger partial charge >= 0.3 is 0 Å². The van der Waals surface area contributed by atoms with Crippen LogP contribution in [0.5, 0.6) is 5.75 Å². The number of hydrogen-bond donors (Lipinski definition) is 3. The molecule has 2 atom stereocenters. The molecule has 31 heavy (non-hydrogen) atoms. The molecule has 2 aliphatic rings. The van der Waals surface area contributed by atoms with Gasteiger partial charge in [0.1, 0.15) is 23.3 Å². The maximum atomic E-state index is 13.1. The lowest BCUT2D eigenvalue weighted by atomic mass is 10.1. The molecule has 0 aliphatic heterocycles. The van der Waals surface area contributed by atoms with Crippen molar-refractivity contribution in [2.24, 2.45) is 5.92 Å². The highest BCUT2D eigenvalue weighted by atomic mass is 16.5. The van der Waals surface area contributed by atoms with Crippen molar-refractivity contribution in [2.45, 2.75) is 58.1 Å². The largest absolute Gasteiger partial charge is 0.493 e. The first-order chi connectivity index (χ1) is 15.0. The maximum absolute atomic E-state index is 13.1. The normalized spacial score (nSPS) is 20.9. The number of aliphatic hydroxyl groups is 1. The smallest absolute Gasteiger partial charge is 0.255 e. The van der Waals surface area contributed by atoms with Crippen LogP contribution in [0.25, 0.3) is 22.3 Å². The molecule has 3 N–H and O–H groups in total. The third-order valence-electron chi connectivity index (χ3n) is 6.36. The molecule has 1 aromatic carbocycles. The van der Waals surface area contributed by atoms with E-state index in [1.54, 1.807) is 0 Å². The first-order valence-corrected chi connectivity index (χ1v) is 11.1. The fourth-order valence-corrected chi connectivity index (χ4v) is 4.40. The van der Waals surface area contributed by atoms with Crippen molar-refractivity contribution >= 4 is 16.9 Å². The standard InChI is InChI=1S/C24H28N4O3/c1-13-6-9-19(31-11-15-7-8-15)16(10-13)21-23-22(26-12-25-21)20(14(2)27-23)24(30)28-17-4-3-5-18(17)29/h6,9-10,12,15,17-18,27,29H,3-5,7-8,11H2,1-2H3,(H,28,30)/t17-,18-/m1/s1. The fraction of sp³-hybridized carbons (Fsp3) is 0.458. The van der Waals surface area contributed by atoms with E-state index in [0.717, 1.165) is 53.0 Å². The minimum atomic E-state index is -0.488. The van der Waals surface area contributed by atoms with Crippen molar-refractivity contribution in [3.05, 3.63) is 41.3 Å². The van der Waals surface area contributed by atoms with Crippen LogP contribution < -0.4 is 10.1 Å². The van der Waals surface area contributed by atoms with Gasteiger partial charge in [-0.25, -0.2) is 9.97 Å². The highest BCUT2D eigenvalue weighted by Gasteiger charge is 2.29. The van der Waals surface area contributed by atoms with E-state index in [4.69, 9.17) is 4.74 Å². The molecule has 0 radical (unpaired) electrons. The summed E-state index contributed by atoms with van der Waals surface area (Å²) >= 11 is 0. The molecule has 0 unspecified atom stereocenters. The van der Waals surface area contributed by atoms with Gasteiger partial charge in [0.15, 0.2) is 0 Å². The van der Waals surface area contributed by atoms with Gasteiger partial charge in [-0.1, -0.05) is 11.6 Å². The van der Waals surface area contributed by atoms with Crippen LogP contribution in [0.4, 0.5) is 0 Å². The molecule has 2 aromatic heterocycles. The monoisotopic (exact) mass is 420 g/mol. The average Bonchev–Trinajstić information content (AvgIpc) is 3.40. The first-order valence-electron chi connectivity index (χ1n) is 11.1. The number of carbonyl (C=O) groups excluding carboxylic acids is 1. The van der Waals surface area contributed by atoms with Crippen LogP contribution >= 0.6 is 0 Å². The van der Waals surface area contributed by atoms with E-state index in [-0.39, 0.29) is 11.9 Å². The molecule has 7 nitrogen and oxygen atoms in total. The van der Waals surface area contributed by atoms with Gasteiger partial charge in [-0.2, -0.15) is 0 Å². The van der Waals surface area contributed by atoms with Crippen LogP contribution in [0.2, 0.25) is 0 Å². The second kappa shape index (κ2) is 7.96. The third-order valence-corrected chi connectivity index (χ3v) is 6.36. The Labute approximate surface area is 181 Å². The molecule has 3 aromatic rings. The summed E-state index contributed by atoms with van der Waals surface area (Å²) in [5.41, 5.74) is 5.27. The Morgan fingerprint density at radius 1 is 1.23 bits per heavy atom. The van der Waals surface area contributed by atoms with Crippen molar-refractivity contribution in [3.63, 3.8) is 0 Å². The summed E-state index contributed by atoms with van der Waals surface area (Å²) in [4.78, 5) is 25.4. The van der Waals surface area contributed by atoms with Gasteiger partial charge in [0.05, 0.1) is 29.8 Å². The molecule has 2 heterocycles. The number of fused-ring (bicyclic) bond motifs is 1. The number of amides is 1. The fourth-order valence-electron chi connectivity index (χ4n) is 4.40. The van der Waals surface area contributed by atoms with Gasteiger partial charge in [-0.15, -0.1) is 0 Å². The molecule has 2 saturated carbocycles. The van der Waals surface area contributed by atoms with Crippen LogP contribution in [0.1, 0.15) is 53.7 Å².